The van der Waals surface area contributed by atoms with Gasteiger partial charge < -0.3 is 9.30 Å². The van der Waals surface area contributed by atoms with E-state index in [0.29, 0.717) is 38.1 Å². The summed E-state index contributed by atoms with van der Waals surface area (Å²) in [6, 6.07) is 9.82. The third kappa shape index (κ3) is 4.15. The zero-order valence-corrected chi connectivity index (χ0v) is 18.9. The number of sulfonamides is 1. The Morgan fingerprint density at radius 3 is 2.53 bits per heavy atom. The van der Waals surface area contributed by atoms with Gasteiger partial charge in [0.05, 0.1) is 18.8 Å². The highest BCUT2D eigenvalue weighted by Gasteiger charge is 2.24. The van der Waals surface area contributed by atoms with Crippen LogP contribution in [0.2, 0.25) is 0 Å². The maximum absolute atomic E-state index is 12.8. The first-order valence-corrected chi connectivity index (χ1v) is 12.4. The van der Waals surface area contributed by atoms with Crippen LogP contribution in [0.5, 0.6) is 5.75 Å². The Kier molecular flexibility index (Phi) is 5.71. The number of fused-ring (bicyclic) bond motifs is 1. The number of aryl methyl sites for hydroxylation is 1. The lowest BCUT2D eigenvalue weighted by molar-refractivity contribution is 0.183. The predicted molar refractivity (Wildman–Crippen MR) is 121 cm³/mol. The summed E-state index contributed by atoms with van der Waals surface area (Å²) in [5.74, 6) is 0.773. The van der Waals surface area contributed by atoms with E-state index in [1.807, 2.05) is 36.5 Å². The van der Waals surface area contributed by atoms with Crippen molar-refractivity contribution in [1.29, 1.82) is 0 Å². The minimum absolute atomic E-state index is 0.0129. The van der Waals surface area contributed by atoms with Gasteiger partial charge in [0.1, 0.15) is 5.75 Å². The molecule has 0 unspecified atom stereocenters. The number of pyridine rings is 1. The van der Waals surface area contributed by atoms with Crippen LogP contribution in [-0.4, -0.2) is 61.7 Å². The molecule has 0 spiro atoms. The van der Waals surface area contributed by atoms with Crippen molar-refractivity contribution in [3.63, 3.8) is 0 Å². The van der Waals surface area contributed by atoms with E-state index >= 15 is 0 Å². The minimum Gasteiger partial charge on any atom is -0.497 e. The van der Waals surface area contributed by atoms with Crippen LogP contribution in [0.1, 0.15) is 4.88 Å². The summed E-state index contributed by atoms with van der Waals surface area (Å²) < 4.78 is 32.9. The van der Waals surface area contributed by atoms with Gasteiger partial charge in [0.25, 0.3) is 5.56 Å². The van der Waals surface area contributed by atoms with Gasteiger partial charge in [-0.15, -0.1) is 11.3 Å². The quantitative estimate of drug-likeness (QED) is 0.600. The fourth-order valence-corrected chi connectivity index (χ4v) is 5.87. The van der Waals surface area contributed by atoms with Crippen LogP contribution in [-0.2, 0) is 23.6 Å². The fourth-order valence-electron chi connectivity index (χ4n) is 3.82. The van der Waals surface area contributed by atoms with Crippen LogP contribution in [0.15, 0.2) is 41.3 Å². The van der Waals surface area contributed by atoms with Crippen LogP contribution >= 0.6 is 11.3 Å². The molecule has 0 atom stereocenters. The van der Waals surface area contributed by atoms with Crippen LogP contribution < -0.4 is 10.3 Å². The number of benzene rings is 1. The van der Waals surface area contributed by atoms with Crippen molar-refractivity contribution in [3.05, 3.63) is 51.8 Å². The van der Waals surface area contributed by atoms with E-state index in [0.717, 1.165) is 26.5 Å². The number of thiophene rings is 1. The number of methoxy groups -OCH3 is 1. The number of nitrogens with zero attached hydrogens (tertiary/aromatic N) is 3. The minimum atomic E-state index is -3.14. The maximum Gasteiger partial charge on any atom is 0.259 e. The molecule has 4 rings (SSSR count). The van der Waals surface area contributed by atoms with Crippen molar-refractivity contribution >= 4 is 31.4 Å². The smallest absolute Gasteiger partial charge is 0.259 e. The van der Waals surface area contributed by atoms with Crippen molar-refractivity contribution in [2.24, 2.45) is 7.05 Å². The molecule has 160 valence electrons. The summed E-state index contributed by atoms with van der Waals surface area (Å²) in [7, 11) is 0.272. The number of hydrogen-bond donors (Lipinski definition) is 0. The SMILES string of the molecule is COc1cccc(-c2cn(C)c(=O)c3cc(CN4CCN(S(C)(=O)=O)CC4)sc23)c1. The monoisotopic (exact) mass is 447 g/mol. The molecule has 0 amide bonds. The van der Waals surface area contributed by atoms with Crippen LogP contribution in [0.3, 0.4) is 0 Å². The van der Waals surface area contributed by atoms with Gasteiger partial charge in [0, 0.05) is 61.1 Å². The maximum atomic E-state index is 12.8. The molecule has 7 nitrogen and oxygen atoms in total. The van der Waals surface area contributed by atoms with Gasteiger partial charge in [-0.3, -0.25) is 9.69 Å². The Hall–Kier alpha value is -2.20. The summed E-state index contributed by atoms with van der Waals surface area (Å²) in [5.41, 5.74) is 2.00. The first-order chi connectivity index (χ1) is 14.3. The molecule has 1 aliphatic heterocycles. The molecular formula is C21H25N3O4S2. The van der Waals surface area contributed by atoms with Gasteiger partial charge in [-0.05, 0) is 23.8 Å². The molecule has 9 heteroatoms. The summed E-state index contributed by atoms with van der Waals surface area (Å²) in [6.45, 7) is 3.07. The van der Waals surface area contributed by atoms with Crippen molar-refractivity contribution in [2.75, 3.05) is 39.5 Å². The molecule has 0 aliphatic carbocycles. The molecule has 30 heavy (non-hydrogen) atoms. The van der Waals surface area contributed by atoms with Crippen molar-refractivity contribution in [3.8, 4) is 16.9 Å². The average Bonchev–Trinajstić information content (AvgIpc) is 3.14. The Bertz CT molecular complexity index is 1240. The summed E-state index contributed by atoms with van der Waals surface area (Å²) in [4.78, 5) is 16.1. The standard InChI is InChI=1S/C21H25N3O4S2/c1-22-14-19(15-5-4-6-16(11-15)28-2)20-18(21(22)25)12-17(29-20)13-23-7-9-24(10-8-23)30(3,26)27/h4-6,11-12,14H,7-10,13H2,1-3H3. The van der Waals surface area contributed by atoms with Gasteiger partial charge in [0.2, 0.25) is 10.0 Å². The molecule has 1 fully saturated rings. The van der Waals surface area contributed by atoms with Crippen LogP contribution in [0.4, 0.5) is 0 Å². The molecule has 3 aromatic rings. The first-order valence-electron chi connectivity index (χ1n) is 9.70. The van der Waals surface area contributed by atoms with Crippen molar-refractivity contribution in [1.82, 2.24) is 13.8 Å². The molecule has 2 aromatic heterocycles. The van der Waals surface area contributed by atoms with E-state index < -0.39 is 10.0 Å². The summed E-state index contributed by atoms with van der Waals surface area (Å²) in [6.07, 6.45) is 3.13. The normalized spacial score (nSPS) is 16.2. The molecule has 1 aliphatic rings. The van der Waals surface area contributed by atoms with E-state index in [1.54, 1.807) is 30.1 Å². The Morgan fingerprint density at radius 2 is 1.87 bits per heavy atom. The molecule has 1 saturated heterocycles. The van der Waals surface area contributed by atoms with Crippen LogP contribution in [0.25, 0.3) is 21.2 Å². The molecule has 0 radical (unpaired) electrons. The number of piperazine rings is 1. The topological polar surface area (TPSA) is 71.8 Å². The predicted octanol–water partition coefficient (Wildman–Crippen LogP) is 2.35. The largest absolute Gasteiger partial charge is 0.497 e. The lowest BCUT2D eigenvalue weighted by atomic mass is 10.1. The molecule has 1 aromatic carbocycles. The Labute approximate surface area is 180 Å². The van der Waals surface area contributed by atoms with E-state index in [4.69, 9.17) is 4.74 Å². The Morgan fingerprint density at radius 1 is 1.13 bits per heavy atom. The zero-order valence-electron chi connectivity index (χ0n) is 17.3. The van der Waals surface area contributed by atoms with E-state index in [9.17, 15) is 13.2 Å². The third-order valence-electron chi connectivity index (χ3n) is 5.46. The zero-order chi connectivity index (χ0) is 21.5. The molecule has 0 bridgehead atoms. The van der Waals surface area contributed by atoms with Gasteiger partial charge in [0.15, 0.2) is 0 Å². The van der Waals surface area contributed by atoms with Gasteiger partial charge in [-0.25, -0.2) is 8.42 Å². The summed E-state index contributed by atoms with van der Waals surface area (Å²) >= 11 is 1.63. The molecule has 0 saturated carbocycles. The van der Waals surface area contributed by atoms with E-state index in [1.165, 1.54) is 10.6 Å². The van der Waals surface area contributed by atoms with Crippen molar-refractivity contribution < 1.29 is 13.2 Å². The molecule has 3 heterocycles. The van der Waals surface area contributed by atoms with E-state index in [-0.39, 0.29) is 5.56 Å². The second kappa shape index (κ2) is 8.14. The highest BCUT2D eigenvalue weighted by Crippen LogP contribution is 2.35. The number of rotatable bonds is 5. The first kappa shape index (κ1) is 21.0. The second-order valence-corrected chi connectivity index (χ2v) is 10.7. The third-order valence-corrected chi connectivity index (χ3v) is 7.92. The highest BCUT2D eigenvalue weighted by atomic mass is 32.2. The number of ether oxygens (including phenoxy) is 1. The van der Waals surface area contributed by atoms with Gasteiger partial charge in [-0.1, -0.05) is 12.1 Å². The fraction of sp³-hybridized carbons (Fsp3) is 0.381. The van der Waals surface area contributed by atoms with Crippen LogP contribution in [0, 0.1) is 0 Å². The molecule has 0 N–H and O–H groups in total. The van der Waals surface area contributed by atoms with Gasteiger partial charge in [-0.2, -0.15) is 4.31 Å². The number of aromatic nitrogens is 1. The lowest BCUT2D eigenvalue weighted by Gasteiger charge is -2.32. The average molecular weight is 448 g/mol. The highest BCUT2D eigenvalue weighted by molar-refractivity contribution is 7.88. The molecular weight excluding hydrogens is 422 g/mol. The Balaban J connectivity index is 1.65. The summed E-state index contributed by atoms with van der Waals surface area (Å²) in [5, 5.41) is 0.715. The number of hydrogen-bond acceptors (Lipinski definition) is 6. The second-order valence-electron chi connectivity index (χ2n) is 7.58. The van der Waals surface area contributed by atoms with E-state index in [2.05, 4.69) is 4.90 Å². The van der Waals surface area contributed by atoms with Crippen molar-refractivity contribution in [2.45, 2.75) is 6.54 Å². The lowest BCUT2D eigenvalue weighted by Crippen LogP contribution is -2.47. The van der Waals surface area contributed by atoms with Gasteiger partial charge >= 0.3 is 0 Å².